The van der Waals surface area contributed by atoms with Crippen LogP contribution in [0.25, 0.3) is 0 Å². The topological polar surface area (TPSA) is 70.7 Å². The maximum absolute atomic E-state index is 12.0. The van der Waals surface area contributed by atoms with E-state index in [2.05, 4.69) is 15.5 Å². The van der Waals surface area contributed by atoms with Crippen LogP contribution in [-0.4, -0.2) is 68.6 Å². The number of nitrogens with one attached hydrogen (secondary N) is 2. The number of amides is 1. The third-order valence-electron chi connectivity index (χ3n) is 3.44. The molecule has 0 saturated carbocycles. The van der Waals surface area contributed by atoms with E-state index >= 15 is 0 Å². The summed E-state index contributed by atoms with van der Waals surface area (Å²) in [5.74, 6) is 0.0190. The molecule has 0 aromatic heterocycles. The average Bonchev–Trinajstić information content (AvgIpc) is 2.36. The number of likely N-dealkylation sites (N-methyl/N-ethyl adjacent to an activating group) is 1. The Morgan fingerprint density at radius 1 is 1.40 bits per heavy atom. The van der Waals surface area contributed by atoms with Gasteiger partial charge in [0.2, 0.25) is 5.91 Å². The second-order valence-electron chi connectivity index (χ2n) is 5.69. The first-order valence-electron chi connectivity index (χ1n) is 7.22. The van der Waals surface area contributed by atoms with Gasteiger partial charge in [-0.1, -0.05) is 13.8 Å². The Morgan fingerprint density at radius 3 is 2.65 bits per heavy atom. The molecule has 0 spiro atoms. The number of carbonyl (C=O) groups excluding carboxylic acids is 2. The molecule has 20 heavy (non-hydrogen) atoms. The minimum Gasteiger partial charge on any atom is -0.374 e. The fourth-order valence-electron chi connectivity index (χ4n) is 2.44. The molecule has 6 heteroatoms. The SMILES string of the molecule is CNCC1CN(CC(=O)NC(C(C)=O)C(C)C)CCO1. The lowest BCUT2D eigenvalue weighted by Crippen LogP contribution is -2.52. The lowest BCUT2D eigenvalue weighted by Gasteiger charge is -2.32. The monoisotopic (exact) mass is 285 g/mol. The number of ketones is 1. The van der Waals surface area contributed by atoms with Crippen molar-refractivity contribution >= 4 is 11.7 Å². The van der Waals surface area contributed by atoms with Crippen molar-refractivity contribution in [3.8, 4) is 0 Å². The fourth-order valence-corrected chi connectivity index (χ4v) is 2.44. The van der Waals surface area contributed by atoms with Gasteiger partial charge in [-0.25, -0.2) is 0 Å². The molecule has 0 aromatic carbocycles. The molecule has 1 amide bonds. The Kier molecular flexibility index (Phi) is 7.12. The molecule has 0 bridgehead atoms. The van der Waals surface area contributed by atoms with Crippen LogP contribution in [0.4, 0.5) is 0 Å². The van der Waals surface area contributed by atoms with Crippen LogP contribution >= 0.6 is 0 Å². The zero-order chi connectivity index (χ0) is 15.1. The molecule has 1 saturated heterocycles. The summed E-state index contributed by atoms with van der Waals surface area (Å²) in [7, 11) is 1.88. The van der Waals surface area contributed by atoms with Crippen molar-refractivity contribution in [1.82, 2.24) is 15.5 Å². The van der Waals surface area contributed by atoms with Crippen molar-refractivity contribution in [3.63, 3.8) is 0 Å². The first kappa shape index (κ1) is 17.1. The van der Waals surface area contributed by atoms with Crippen molar-refractivity contribution in [2.75, 3.05) is 39.8 Å². The number of hydrogen-bond donors (Lipinski definition) is 2. The second-order valence-corrected chi connectivity index (χ2v) is 5.69. The molecule has 1 fully saturated rings. The van der Waals surface area contributed by atoms with E-state index in [-0.39, 0.29) is 23.7 Å². The lowest BCUT2D eigenvalue weighted by atomic mass is 10.0. The minimum atomic E-state index is -0.392. The lowest BCUT2D eigenvalue weighted by molar-refractivity contribution is -0.129. The van der Waals surface area contributed by atoms with Crippen LogP contribution < -0.4 is 10.6 Å². The Bertz CT molecular complexity index is 332. The third-order valence-corrected chi connectivity index (χ3v) is 3.44. The molecule has 2 unspecified atom stereocenters. The number of carbonyl (C=O) groups is 2. The summed E-state index contributed by atoms with van der Waals surface area (Å²) in [4.78, 5) is 25.6. The summed E-state index contributed by atoms with van der Waals surface area (Å²) in [6.45, 7) is 8.61. The molecule has 2 N–H and O–H groups in total. The van der Waals surface area contributed by atoms with Crippen molar-refractivity contribution in [1.29, 1.82) is 0 Å². The van der Waals surface area contributed by atoms with Crippen LogP contribution in [0.15, 0.2) is 0 Å². The Hall–Kier alpha value is -0.980. The van der Waals surface area contributed by atoms with Gasteiger partial charge in [-0.05, 0) is 19.9 Å². The number of Topliss-reactive ketones (excluding diaryl/α,β-unsaturated/α-hetero) is 1. The Labute approximate surface area is 121 Å². The standard InChI is InChI=1S/C14H27N3O3/c1-10(2)14(11(3)18)16-13(19)9-17-5-6-20-12(8-17)7-15-4/h10,12,14-15H,5-9H2,1-4H3,(H,16,19). The molecule has 1 heterocycles. The molecule has 1 rings (SSSR count). The summed E-state index contributed by atoms with van der Waals surface area (Å²) in [6.07, 6.45) is 0.121. The van der Waals surface area contributed by atoms with Crippen molar-refractivity contribution in [2.24, 2.45) is 5.92 Å². The van der Waals surface area contributed by atoms with E-state index in [4.69, 9.17) is 4.74 Å². The van der Waals surface area contributed by atoms with Gasteiger partial charge in [-0.15, -0.1) is 0 Å². The van der Waals surface area contributed by atoms with Gasteiger partial charge in [-0.3, -0.25) is 14.5 Å². The van der Waals surface area contributed by atoms with Crippen LogP contribution in [0.2, 0.25) is 0 Å². The van der Waals surface area contributed by atoms with Crippen molar-refractivity contribution < 1.29 is 14.3 Å². The largest absolute Gasteiger partial charge is 0.374 e. The van der Waals surface area contributed by atoms with Crippen LogP contribution in [0, 0.1) is 5.92 Å². The number of morpholine rings is 1. The summed E-state index contributed by atoms with van der Waals surface area (Å²) in [5, 5.41) is 5.90. The zero-order valence-electron chi connectivity index (χ0n) is 12.9. The smallest absolute Gasteiger partial charge is 0.234 e. The highest BCUT2D eigenvalue weighted by Crippen LogP contribution is 2.06. The van der Waals surface area contributed by atoms with Gasteiger partial charge in [0.25, 0.3) is 0 Å². The summed E-state index contributed by atoms with van der Waals surface area (Å²) >= 11 is 0. The molecule has 2 atom stereocenters. The van der Waals surface area contributed by atoms with Crippen LogP contribution in [0.1, 0.15) is 20.8 Å². The predicted octanol–water partition coefficient (Wildman–Crippen LogP) is -0.364. The number of nitrogens with zero attached hydrogens (tertiary/aromatic N) is 1. The van der Waals surface area contributed by atoms with E-state index in [9.17, 15) is 9.59 Å². The van der Waals surface area contributed by atoms with E-state index in [0.29, 0.717) is 13.2 Å². The van der Waals surface area contributed by atoms with Gasteiger partial charge in [0.05, 0.1) is 25.3 Å². The Morgan fingerprint density at radius 2 is 2.10 bits per heavy atom. The van der Waals surface area contributed by atoms with Crippen LogP contribution in [-0.2, 0) is 14.3 Å². The maximum Gasteiger partial charge on any atom is 0.234 e. The highest BCUT2D eigenvalue weighted by Gasteiger charge is 2.24. The highest BCUT2D eigenvalue weighted by molar-refractivity contribution is 5.88. The predicted molar refractivity (Wildman–Crippen MR) is 77.6 cm³/mol. The van der Waals surface area contributed by atoms with Gasteiger partial charge >= 0.3 is 0 Å². The first-order chi connectivity index (χ1) is 9.43. The van der Waals surface area contributed by atoms with Gasteiger partial charge in [0.1, 0.15) is 0 Å². The molecule has 6 nitrogen and oxygen atoms in total. The maximum atomic E-state index is 12.0. The molecular weight excluding hydrogens is 258 g/mol. The van der Waals surface area contributed by atoms with Gasteiger partial charge < -0.3 is 15.4 Å². The normalized spacial score (nSPS) is 21.8. The number of ether oxygens (including phenoxy) is 1. The van der Waals surface area contributed by atoms with Gasteiger partial charge in [0, 0.05) is 19.6 Å². The van der Waals surface area contributed by atoms with Gasteiger partial charge in [0.15, 0.2) is 5.78 Å². The minimum absolute atomic E-state index is 0.00314. The van der Waals surface area contributed by atoms with Gasteiger partial charge in [-0.2, -0.15) is 0 Å². The Balaban J connectivity index is 2.43. The summed E-state index contributed by atoms with van der Waals surface area (Å²) in [5.41, 5.74) is 0. The zero-order valence-corrected chi connectivity index (χ0v) is 12.9. The van der Waals surface area contributed by atoms with Crippen LogP contribution in [0.5, 0.6) is 0 Å². The fraction of sp³-hybridized carbons (Fsp3) is 0.857. The number of hydrogen-bond acceptors (Lipinski definition) is 5. The average molecular weight is 285 g/mol. The van der Waals surface area contributed by atoms with E-state index < -0.39 is 6.04 Å². The van der Waals surface area contributed by atoms with E-state index in [1.54, 1.807) is 0 Å². The molecule has 0 aromatic rings. The molecule has 1 aliphatic heterocycles. The quantitative estimate of drug-likeness (QED) is 0.668. The molecule has 116 valence electrons. The van der Waals surface area contributed by atoms with E-state index in [1.807, 2.05) is 20.9 Å². The molecule has 0 aliphatic carbocycles. The highest BCUT2D eigenvalue weighted by atomic mass is 16.5. The van der Waals surface area contributed by atoms with Crippen LogP contribution in [0.3, 0.4) is 0 Å². The third kappa shape index (κ3) is 5.56. The van der Waals surface area contributed by atoms with E-state index in [1.165, 1.54) is 6.92 Å². The molecular formula is C14H27N3O3. The molecule has 0 radical (unpaired) electrons. The second kappa shape index (κ2) is 8.34. The van der Waals surface area contributed by atoms with Crippen molar-refractivity contribution in [2.45, 2.75) is 32.9 Å². The summed E-state index contributed by atoms with van der Waals surface area (Å²) < 4.78 is 5.60. The van der Waals surface area contributed by atoms with Crippen molar-refractivity contribution in [3.05, 3.63) is 0 Å². The number of rotatable bonds is 7. The first-order valence-corrected chi connectivity index (χ1v) is 7.22. The summed E-state index contributed by atoms with van der Waals surface area (Å²) in [6, 6.07) is -0.392. The molecule has 1 aliphatic rings. The van der Waals surface area contributed by atoms with E-state index in [0.717, 1.165) is 19.6 Å².